The molecule has 0 heterocycles. The highest BCUT2D eigenvalue weighted by Gasteiger charge is 2.30. The lowest BCUT2D eigenvalue weighted by Gasteiger charge is -2.28. The maximum Gasteiger partial charge on any atom is 0.305 e. The van der Waals surface area contributed by atoms with Crippen LogP contribution in [0, 0.1) is 17.0 Å². The van der Waals surface area contributed by atoms with Crippen LogP contribution >= 0.6 is 0 Å². The van der Waals surface area contributed by atoms with Gasteiger partial charge in [-0.1, -0.05) is 6.07 Å². The fourth-order valence-corrected chi connectivity index (χ4v) is 2.08. The molecule has 1 atom stereocenters. The number of methoxy groups -OCH3 is 1. The van der Waals surface area contributed by atoms with Crippen LogP contribution in [0.2, 0.25) is 0 Å². The van der Waals surface area contributed by atoms with Crippen LogP contribution in [0.1, 0.15) is 29.3 Å². The van der Waals surface area contributed by atoms with Crippen molar-refractivity contribution in [3.8, 4) is 0 Å². The minimum Gasteiger partial charge on any atom is -0.481 e. The van der Waals surface area contributed by atoms with Crippen molar-refractivity contribution in [1.82, 2.24) is 5.32 Å². The van der Waals surface area contributed by atoms with E-state index in [0.29, 0.717) is 5.56 Å². The van der Waals surface area contributed by atoms with Gasteiger partial charge < -0.3 is 15.2 Å². The minimum absolute atomic E-state index is 0.000997. The molecule has 22 heavy (non-hydrogen) atoms. The molecule has 0 bridgehead atoms. The van der Waals surface area contributed by atoms with E-state index >= 15 is 0 Å². The number of hydrogen-bond donors (Lipinski definition) is 2. The second kappa shape index (κ2) is 6.99. The summed E-state index contributed by atoms with van der Waals surface area (Å²) >= 11 is 0. The van der Waals surface area contributed by atoms with Gasteiger partial charge in [0, 0.05) is 24.3 Å². The Morgan fingerprint density at radius 3 is 2.59 bits per heavy atom. The number of carbonyl (C=O) groups is 2. The molecule has 0 aliphatic carbocycles. The van der Waals surface area contributed by atoms with Crippen molar-refractivity contribution in [1.29, 1.82) is 0 Å². The molecule has 0 aliphatic heterocycles. The van der Waals surface area contributed by atoms with E-state index in [-0.39, 0.29) is 24.3 Å². The third kappa shape index (κ3) is 4.52. The number of ether oxygens (including phenoxy) is 1. The van der Waals surface area contributed by atoms with E-state index in [1.165, 1.54) is 32.2 Å². The molecule has 0 spiro atoms. The zero-order valence-electron chi connectivity index (χ0n) is 12.6. The Morgan fingerprint density at radius 2 is 2.09 bits per heavy atom. The molecule has 0 saturated heterocycles. The van der Waals surface area contributed by atoms with Gasteiger partial charge in [0.1, 0.15) is 0 Å². The maximum absolute atomic E-state index is 12.2. The van der Waals surface area contributed by atoms with Gasteiger partial charge in [-0.05, 0) is 19.9 Å². The molecular weight excluding hydrogens is 292 g/mol. The number of rotatable bonds is 7. The summed E-state index contributed by atoms with van der Waals surface area (Å²) in [7, 11) is 1.39. The van der Waals surface area contributed by atoms with E-state index < -0.39 is 22.3 Å². The molecular formula is C14H18N2O6. The first-order valence-corrected chi connectivity index (χ1v) is 6.47. The molecule has 1 aromatic rings. The molecule has 8 nitrogen and oxygen atoms in total. The van der Waals surface area contributed by atoms with Crippen molar-refractivity contribution >= 4 is 17.6 Å². The third-order valence-electron chi connectivity index (χ3n) is 3.09. The average Bonchev–Trinajstić information content (AvgIpc) is 2.37. The lowest BCUT2D eigenvalue weighted by Crippen LogP contribution is -2.50. The van der Waals surface area contributed by atoms with Crippen molar-refractivity contribution in [2.75, 3.05) is 13.7 Å². The molecule has 1 aromatic carbocycles. The van der Waals surface area contributed by atoms with Crippen molar-refractivity contribution < 1.29 is 24.4 Å². The summed E-state index contributed by atoms with van der Waals surface area (Å²) in [6.45, 7) is 3.10. The number of amides is 1. The molecule has 2 N–H and O–H groups in total. The monoisotopic (exact) mass is 310 g/mol. The highest BCUT2D eigenvalue weighted by atomic mass is 16.6. The van der Waals surface area contributed by atoms with E-state index in [1.807, 2.05) is 0 Å². The summed E-state index contributed by atoms with van der Waals surface area (Å²) in [4.78, 5) is 33.5. The minimum atomic E-state index is -1.11. The third-order valence-corrected chi connectivity index (χ3v) is 3.09. The van der Waals surface area contributed by atoms with Crippen LogP contribution in [0.3, 0.4) is 0 Å². The second-order valence-corrected chi connectivity index (χ2v) is 5.28. The second-order valence-electron chi connectivity index (χ2n) is 5.28. The Morgan fingerprint density at radius 1 is 1.45 bits per heavy atom. The molecule has 0 saturated carbocycles. The summed E-state index contributed by atoms with van der Waals surface area (Å²) in [6.07, 6.45) is -0.333. The molecule has 0 fully saturated rings. The topological polar surface area (TPSA) is 119 Å². The highest BCUT2D eigenvalue weighted by molar-refractivity contribution is 5.95. The maximum atomic E-state index is 12.2. The summed E-state index contributed by atoms with van der Waals surface area (Å²) in [5.74, 6) is -1.68. The largest absolute Gasteiger partial charge is 0.481 e. The van der Waals surface area contributed by atoms with E-state index in [9.17, 15) is 19.7 Å². The number of carbonyl (C=O) groups excluding carboxylic acids is 1. The van der Waals surface area contributed by atoms with Crippen LogP contribution in [0.4, 0.5) is 5.69 Å². The number of aliphatic carboxylic acids is 1. The van der Waals surface area contributed by atoms with Crippen molar-refractivity contribution in [2.45, 2.75) is 25.8 Å². The van der Waals surface area contributed by atoms with E-state index in [2.05, 4.69) is 5.32 Å². The number of nitrogens with one attached hydrogen (secondary N) is 1. The summed E-state index contributed by atoms with van der Waals surface area (Å²) in [5.41, 5.74) is -0.756. The summed E-state index contributed by atoms with van der Waals surface area (Å²) in [5, 5.41) is 22.4. The predicted molar refractivity (Wildman–Crippen MR) is 77.8 cm³/mol. The first-order valence-electron chi connectivity index (χ1n) is 6.47. The number of carboxylic acids is 1. The average molecular weight is 310 g/mol. The molecule has 120 valence electrons. The number of nitro benzene ring substituents is 1. The molecule has 1 amide bonds. The van der Waals surface area contributed by atoms with Crippen LogP contribution in [0.5, 0.6) is 0 Å². The Kier molecular flexibility index (Phi) is 5.58. The van der Waals surface area contributed by atoms with Gasteiger partial charge in [0.05, 0.1) is 23.5 Å². The number of nitrogens with zero attached hydrogens (tertiary/aromatic N) is 1. The van der Waals surface area contributed by atoms with Gasteiger partial charge >= 0.3 is 5.97 Å². The molecule has 1 rings (SSSR count). The predicted octanol–water partition coefficient (Wildman–Crippen LogP) is 1.51. The molecule has 0 radical (unpaired) electrons. The first kappa shape index (κ1) is 17.6. The quantitative estimate of drug-likeness (QED) is 0.582. The molecule has 0 aromatic heterocycles. The van der Waals surface area contributed by atoms with Crippen molar-refractivity contribution in [2.24, 2.45) is 0 Å². The van der Waals surface area contributed by atoms with Crippen LogP contribution in [-0.4, -0.2) is 41.2 Å². The molecule has 0 aliphatic rings. The van der Waals surface area contributed by atoms with Crippen LogP contribution < -0.4 is 5.32 Å². The van der Waals surface area contributed by atoms with Gasteiger partial charge in [-0.25, -0.2) is 0 Å². The zero-order chi connectivity index (χ0) is 16.9. The number of hydrogen-bond acceptors (Lipinski definition) is 5. The van der Waals surface area contributed by atoms with E-state index in [0.717, 1.165) is 0 Å². The van der Waals surface area contributed by atoms with Crippen LogP contribution in [0.25, 0.3) is 0 Å². The first-order chi connectivity index (χ1) is 10.2. The standard InChI is InChI=1S/C14H18N2O6/c1-9-4-5-10(6-11(9)16(20)21)13(19)15-14(2,8-22-3)7-12(17)18/h4-6H,7-8H2,1-3H3,(H,15,19)(H,17,18). The molecule has 8 heteroatoms. The number of nitro groups is 1. The number of carboxylic acid groups (broad SMARTS) is 1. The fraction of sp³-hybridized carbons (Fsp3) is 0.429. The fourth-order valence-electron chi connectivity index (χ4n) is 2.08. The molecule has 1 unspecified atom stereocenters. The zero-order valence-corrected chi connectivity index (χ0v) is 12.6. The normalized spacial score (nSPS) is 13.2. The Balaban J connectivity index is 3.02. The Labute approximate surface area is 127 Å². The SMILES string of the molecule is COCC(C)(CC(=O)O)NC(=O)c1ccc(C)c([N+](=O)[O-])c1. The lowest BCUT2D eigenvalue weighted by atomic mass is 9.98. The number of benzene rings is 1. The van der Waals surface area contributed by atoms with E-state index in [4.69, 9.17) is 9.84 Å². The van der Waals surface area contributed by atoms with Gasteiger partial charge in [-0.3, -0.25) is 19.7 Å². The lowest BCUT2D eigenvalue weighted by molar-refractivity contribution is -0.385. The summed E-state index contributed by atoms with van der Waals surface area (Å²) in [6, 6.07) is 4.09. The van der Waals surface area contributed by atoms with Gasteiger partial charge in [0.15, 0.2) is 0 Å². The summed E-state index contributed by atoms with van der Waals surface area (Å²) < 4.78 is 4.94. The number of aryl methyl sites for hydroxylation is 1. The van der Waals surface area contributed by atoms with Gasteiger partial charge in [0.25, 0.3) is 11.6 Å². The van der Waals surface area contributed by atoms with Gasteiger partial charge in [-0.2, -0.15) is 0 Å². The van der Waals surface area contributed by atoms with Crippen molar-refractivity contribution in [3.63, 3.8) is 0 Å². The van der Waals surface area contributed by atoms with E-state index in [1.54, 1.807) is 6.92 Å². The van der Waals surface area contributed by atoms with Crippen molar-refractivity contribution in [3.05, 3.63) is 39.4 Å². The Hall–Kier alpha value is -2.48. The van der Waals surface area contributed by atoms with Crippen LogP contribution in [-0.2, 0) is 9.53 Å². The smallest absolute Gasteiger partial charge is 0.305 e. The van der Waals surface area contributed by atoms with Crippen LogP contribution in [0.15, 0.2) is 18.2 Å². The highest BCUT2D eigenvalue weighted by Crippen LogP contribution is 2.20. The Bertz CT molecular complexity index is 601. The van der Waals surface area contributed by atoms with Gasteiger partial charge in [-0.15, -0.1) is 0 Å². The van der Waals surface area contributed by atoms with Gasteiger partial charge in [0.2, 0.25) is 0 Å².